The fourth-order valence-corrected chi connectivity index (χ4v) is 5.93. The van der Waals surface area contributed by atoms with E-state index in [1.54, 1.807) is 11.8 Å². The van der Waals surface area contributed by atoms with Gasteiger partial charge in [-0.1, -0.05) is 72.8 Å². The standard InChI is InChI=1S/C27H19NOS/c1-16-14-15-21(18-9-3-2-8-17(16)18)27-24-25(19-10-4-5-11-20(19)26(24)29)28-22-12-6-7-13-23(22)30-27/h2-15,27-28H,1H3. The molecule has 2 nitrogen and oxygen atoms in total. The number of Topliss-reactive ketones (excluding diaryl/α,β-unsaturated/α-hetero) is 1. The summed E-state index contributed by atoms with van der Waals surface area (Å²) in [4.78, 5) is 14.8. The molecule has 0 spiro atoms. The number of fused-ring (bicyclic) bond motifs is 4. The first-order valence-corrected chi connectivity index (χ1v) is 11.0. The predicted octanol–water partition coefficient (Wildman–Crippen LogP) is 7.01. The van der Waals surface area contributed by atoms with E-state index in [4.69, 9.17) is 0 Å². The number of carbonyl (C=O) groups is 1. The number of aryl methyl sites for hydroxylation is 1. The first-order valence-electron chi connectivity index (χ1n) is 10.1. The molecule has 4 aromatic carbocycles. The number of hydrogen-bond acceptors (Lipinski definition) is 3. The van der Waals surface area contributed by atoms with Crippen molar-refractivity contribution in [1.29, 1.82) is 0 Å². The van der Waals surface area contributed by atoms with Gasteiger partial charge in [0.25, 0.3) is 0 Å². The number of anilines is 1. The zero-order chi connectivity index (χ0) is 20.2. The molecule has 2 aliphatic rings. The van der Waals surface area contributed by atoms with Gasteiger partial charge in [0.05, 0.1) is 16.6 Å². The third-order valence-electron chi connectivity index (χ3n) is 6.07. The molecule has 1 N–H and O–H groups in total. The minimum atomic E-state index is -0.0819. The summed E-state index contributed by atoms with van der Waals surface area (Å²) in [6.07, 6.45) is 0. The molecule has 1 unspecified atom stereocenters. The summed E-state index contributed by atoms with van der Waals surface area (Å²) in [5.74, 6) is 0.128. The largest absolute Gasteiger partial charge is 0.354 e. The average Bonchev–Trinajstić information content (AvgIpc) is 2.94. The van der Waals surface area contributed by atoms with Crippen LogP contribution in [0.3, 0.4) is 0 Å². The van der Waals surface area contributed by atoms with Crippen LogP contribution in [-0.4, -0.2) is 5.78 Å². The minimum absolute atomic E-state index is 0.0819. The third kappa shape index (κ3) is 2.49. The molecule has 1 atom stereocenters. The van der Waals surface area contributed by atoms with Gasteiger partial charge >= 0.3 is 0 Å². The van der Waals surface area contributed by atoms with Crippen molar-refractivity contribution in [2.75, 3.05) is 5.32 Å². The monoisotopic (exact) mass is 405 g/mol. The molecule has 0 aromatic heterocycles. The molecule has 4 aromatic rings. The smallest absolute Gasteiger partial charge is 0.193 e. The molecule has 0 fully saturated rings. The van der Waals surface area contributed by atoms with Crippen molar-refractivity contribution >= 4 is 39.7 Å². The van der Waals surface area contributed by atoms with Crippen molar-refractivity contribution in [3.8, 4) is 0 Å². The molecule has 0 amide bonds. The summed E-state index contributed by atoms with van der Waals surface area (Å²) in [5.41, 5.74) is 7.08. The second-order valence-electron chi connectivity index (χ2n) is 7.80. The van der Waals surface area contributed by atoms with E-state index in [0.717, 1.165) is 33.0 Å². The number of thioether (sulfide) groups is 1. The molecule has 1 aliphatic heterocycles. The first-order chi connectivity index (χ1) is 14.7. The minimum Gasteiger partial charge on any atom is -0.354 e. The Bertz CT molecular complexity index is 1380. The summed E-state index contributed by atoms with van der Waals surface area (Å²) in [6, 6.07) is 29.1. The van der Waals surface area contributed by atoms with Crippen molar-refractivity contribution in [2.45, 2.75) is 17.1 Å². The second kappa shape index (κ2) is 6.61. The highest BCUT2D eigenvalue weighted by atomic mass is 32.2. The Morgan fingerprint density at radius 2 is 1.47 bits per heavy atom. The number of carbonyl (C=O) groups excluding carboxylic acids is 1. The van der Waals surface area contributed by atoms with Gasteiger partial charge in [0.2, 0.25) is 0 Å². The van der Waals surface area contributed by atoms with Gasteiger partial charge in [-0.2, -0.15) is 0 Å². The van der Waals surface area contributed by atoms with Gasteiger partial charge < -0.3 is 5.32 Å². The Kier molecular flexibility index (Phi) is 3.87. The van der Waals surface area contributed by atoms with Gasteiger partial charge in [-0.05, 0) is 41.0 Å². The van der Waals surface area contributed by atoms with E-state index in [1.165, 1.54) is 21.9 Å². The summed E-state index contributed by atoms with van der Waals surface area (Å²) >= 11 is 1.76. The molecular formula is C27H19NOS. The fraction of sp³-hybridized carbons (Fsp3) is 0.0741. The Morgan fingerprint density at radius 3 is 2.33 bits per heavy atom. The van der Waals surface area contributed by atoms with Crippen LogP contribution in [0.2, 0.25) is 0 Å². The van der Waals surface area contributed by atoms with Crippen LogP contribution in [0.15, 0.2) is 95.4 Å². The Labute approximate surface area is 179 Å². The quantitative estimate of drug-likeness (QED) is 0.369. The van der Waals surface area contributed by atoms with Crippen LogP contribution in [0.5, 0.6) is 0 Å². The van der Waals surface area contributed by atoms with Crippen molar-refractivity contribution in [2.24, 2.45) is 0 Å². The SMILES string of the molecule is Cc1ccc(C2Sc3ccccc3NC3=C2C(=O)c2ccccc23)c2ccccc12. The average molecular weight is 406 g/mol. The molecule has 0 bridgehead atoms. The molecule has 0 saturated carbocycles. The second-order valence-corrected chi connectivity index (χ2v) is 8.95. The summed E-state index contributed by atoms with van der Waals surface area (Å²) in [7, 11) is 0. The zero-order valence-corrected chi connectivity index (χ0v) is 17.3. The maximum absolute atomic E-state index is 13.6. The molecule has 0 radical (unpaired) electrons. The topological polar surface area (TPSA) is 29.1 Å². The summed E-state index contributed by atoms with van der Waals surface area (Å²) in [5, 5.41) is 5.98. The highest BCUT2D eigenvalue weighted by Crippen LogP contribution is 2.53. The molecular weight excluding hydrogens is 386 g/mol. The van der Waals surface area contributed by atoms with Crippen molar-refractivity contribution in [3.63, 3.8) is 0 Å². The van der Waals surface area contributed by atoms with E-state index in [0.29, 0.717) is 0 Å². The van der Waals surface area contributed by atoms with Crippen molar-refractivity contribution < 1.29 is 4.79 Å². The van der Waals surface area contributed by atoms with Crippen molar-refractivity contribution in [1.82, 2.24) is 0 Å². The number of hydrogen-bond donors (Lipinski definition) is 1. The zero-order valence-electron chi connectivity index (χ0n) is 16.5. The van der Waals surface area contributed by atoms with Gasteiger partial charge in [0.15, 0.2) is 5.78 Å². The normalized spacial score (nSPS) is 17.2. The highest BCUT2D eigenvalue weighted by molar-refractivity contribution is 8.00. The van der Waals surface area contributed by atoms with Gasteiger partial charge in [-0.3, -0.25) is 4.79 Å². The van der Waals surface area contributed by atoms with Gasteiger partial charge in [0, 0.05) is 21.6 Å². The Morgan fingerprint density at radius 1 is 0.767 bits per heavy atom. The van der Waals surface area contributed by atoms with E-state index >= 15 is 0 Å². The van der Waals surface area contributed by atoms with E-state index in [1.807, 2.05) is 30.3 Å². The van der Waals surface area contributed by atoms with Crippen LogP contribution < -0.4 is 5.32 Å². The lowest BCUT2D eigenvalue weighted by Gasteiger charge is -2.20. The van der Waals surface area contributed by atoms with E-state index in [9.17, 15) is 4.79 Å². The molecule has 6 rings (SSSR count). The maximum Gasteiger partial charge on any atom is 0.193 e. The molecule has 1 aliphatic carbocycles. The lowest BCUT2D eigenvalue weighted by Crippen LogP contribution is -2.08. The van der Waals surface area contributed by atoms with Crippen LogP contribution in [0.1, 0.15) is 32.3 Å². The van der Waals surface area contributed by atoms with E-state index in [-0.39, 0.29) is 11.0 Å². The lowest BCUT2D eigenvalue weighted by molar-refractivity contribution is 0.103. The van der Waals surface area contributed by atoms with Crippen molar-refractivity contribution in [3.05, 3.63) is 113 Å². The number of benzene rings is 4. The fourth-order valence-electron chi connectivity index (χ4n) is 4.60. The van der Waals surface area contributed by atoms with Gasteiger partial charge in [-0.15, -0.1) is 11.8 Å². The highest BCUT2D eigenvalue weighted by Gasteiger charge is 2.38. The molecule has 30 heavy (non-hydrogen) atoms. The Balaban J connectivity index is 1.65. The first kappa shape index (κ1) is 17.5. The predicted molar refractivity (Wildman–Crippen MR) is 125 cm³/mol. The van der Waals surface area contributed by atoms with Crippen LogP contribution in [0.4, 0.5) is 5.69 Å². The Hall–Kier alpha value is -3.30. The molecule has 3 heteroatoms. The summed E-state index contributed by atoms with van der Waals surface area (Å²) in [6.45, 7) is 2.14. The van der Waals surface area contributed by atoms with E-state index < -0.39 is 0 Å². The number of ketones is 1. The van der Waals surface area contributed by atoms with Gasteiger partial charge in [0.1, 0.15) is 0 Å². The van der Waals surface area contributed by atoms with Crippen LogP contribution in [0.25, 0.3) is 16.5 Å². The lowest BCUT2D eigenvalue weighted by atomic mass is 9.94. The van der Waals surface area contributed by atoms with Crippen LogP contribution >= 0.6 is 11.8 Å². The number of nitrogens with one attached hydrogen (secondary N) is 1. The van der Waals surface area contributed by atoms with E-state index in [2.05, 4.69) is 66.8 Å². The van der Waals surface area contributed by atoms with Gasteiger partial charge in [-0.25, -0.2) is 0 Å². The van der Waals surface area contributed by atoms with Crippen LogP contribution in [-0.2, 0) is 0 Å². The number of rotatable bonds is 1. The third-order valence-corrected chi connectivity index (χ3v) is 7.40. The summed E-state index contributed by atoms with van der Waals surface area (Å²) < 4.78 is 0. The molecule has 144 valence electrons. The number of para-hydroxylation sites is 1. The molecule has 1 heterocycles. The van der Waals surface area contributed by atoms with Crippen LogP contribution in [0, 0.1) is 6.92 Å². The maximum atomic E-state index is 13.6. The molecule has 0 saturated heterocycles.